The molecule has 0 amide bonds. The van der Waals surface area contributed by atoms with E-state index in [0.717, 1.165) is 35.2 Å². The van der Waals surface area contributed by atoms with Crippen LogP contribution in [0.5, 0.6) is 0 Å². The van der Waals surface area contributed by atoms with Crippen molar-refractivity contribution in [2.24, 2.45) is 0 Å². The fourth-order valence-electron chi connectivity index (χ4n) is 3.09. The first-order chi connectivity index (χ1) is 8.56. The number of hydrogen-bond acceptors (Lipinski definition) is 4. The third kappa shape index (κ3) is 1.64. The van der Waals surface area contributed by atoms with Crippen LogP contribution in [0.15, 0.2) is 10.9 Å². The van der Waals surface area contributed by atoms with Crippen LogP contribution in [0.3, 0.4) is 0 Å². The molecule has 1 saturated heterocycles. The lowest BCUT2D eigenvalue weighted by molar-refractivity contribution is -0.138. The third-order valence-corrected chi connectivity index (χ3v) is 4.02. The molecule has 6 nitrogen and oxygen atoms in total. The van der Waals surface area contributed by atoms with Crippen molar-refractivity contribution in [3.63, 3.8) is 0 Å². The molecule has 3 heterocycles. The average molecular weight is 249 g/mol. The number of likely N-dealkylation sites (N-methyl/N-ethyl adjacent to an activating group) is 1. The lowest BCUT2D eigenvalue weighted by Crippen LogP contribution is -2.38. The maximum atomic E-state index is 11.8. The Morgan fingerprint density at radius 1 is 1.56 bits per heavy atom. The Hall–Kier alpha value is -1.69. The number of rotatable bonds is 2. The molecule has 0 radical (unpaired) electrons. The van der Waals surface area contributed by atoms with E-state index < -0.39 is 5.97 Å². The Morgan fingerprint density at radius 3 is 3.06 bits per heavy atom. The van der Waals surface area contributed by atoms with E-state index in [1.165, 1.54) is 0 Å². The molecule has 1 N–H and O–H groups in total. The van der Waals surface area contributed by atoms with Gasteiger partial charge in [0.2, 0.25) is 0 Å². The standard InChI is InChI=1S/C12H15N3O3/c1-14-7-2-3-10(14)8-5-11(16)15(6-12(17)18)13-9(8)4-7/h5,7,10H,2-4,6H2,1H3,(H,17,18). The lowest BCUT2D eigenvalue weighted by Gasteiger charge is -2.32. The zero-order valence-corrected chi connectivity index (χ0v) is 10.2. The Balaban J connectivity index is 2.05. The highest BCUT2D eigenvalue weighted by Crippen LogP contribution is 2.40. The minimum Gasteiger partial charge on any atom is -0.480 e. The molecule has 0 spiro atoms. The highest BCUT2D eigenvalue weighted by molar-refractivity contribution is 5.66. The van der Waals surface area contributed by atoms with Gasteiger partial charge in [0.15, 0.2) is 0 Å². The molecule has 0 aliphatic carbocycles. The van der Waals surface area contributed by atoms with E-state index in [4.69, 9.17) is 5.11 Å². The van der Waals surface area contributed by atoms with Gasteiger partial charge >= 0.3 is 5.97 Å². The molecule has 2 unspecified atom stereocenters. The summed E-state index contributed by atoms with van der Waals surface area (Å²) in [5, 5.41) is 13.0. The number of aromatic nitrogens is 2. The topological polar surface area (TPSA) is 75.4 Å². The molecular formula is C12H15N3O3. The van der Waals surface area contributed by atoms with Crippen LogP contribution in [0.4, 0.5) is 0 Å². The predicted octanol–water partition coefficient (Wildman–Crippen LogP) is 0.0193. The summed E-state index contributed by atoms with van der Waals surface area (Å²) in [5.74, 6) is -1.04. The highest BCUT2D eigenvalue weighted by atomic mass is 16.4. The van der Waals surface area contributed by atoms with Crippen LogP contribution >= 0.6 is 0 Å². The quantitative estimate of drug-likeness (QED) is 0.799. The fourth-order valence-corrected chi connectivity index (χ4v) is 3.09. The predicted molar refractivity (Wildman–Crippen MR) is 63.4 cm³/mol. The summed E-state index contributed by atoms with van der Waals surface area (Å²) in [6.07, 6.45) is 2.98. The Kier molecular flexibility index (Phi) is 2.48. The molecular weight excluding hydrogens is 234 g/mol. The summed E-state index contributed by atoms with van der Waals surface area (Å²) in [6, 6.07) is 2.32. The Labute approximate surface area is 104 Å². The zero-order chi connectivity index (χ0) is 12.9. The molecule has 1 aromatic heterocycles. The summed E-state index contributed by atoms with van der Waals surface area (Å²) < 4.78 is 1.05. The summed E-state index contributed by atoms with van der Waals surface area (Å²) in [7, 11) is 2.08. The minimum atomic E-state index is -1.04. The van der Waals surface area contributed by atoms with Crippen LogP contribution in [0.2, 0.25) is 0 Å². The monoisotopic (exact) mass is 249 g/mol. The van der Waals surface area contributed by atoms with Gasteiger partial charge in [-0.2, -0.15) is 5.10 Å². The second-order valence-corrected chi connectivity index (χ2v) is 5.05. The van der Waals surface area contributed by atoms with Gasteiger partial charge in [-0.1, -0.05) is 0 Å². The number of carboxylic acid groups (broad SMARTS) is 1. The highest BCUT2D eigenvalue weighted by Gasteiger charge is 2.38. The molecule has 2 aliphatic rings. The molecule has 2 bridgehead atoms. The normalized spacial score (nSPS) is 26.1. The van der Waals surface area contributed by atoms with Gasteiger partial charge < -0.3 is 5.11 Å². The molecule has 2 aliphatic heterocycles. The fraction of sp³-hybridized carbons (Fsp3) is 0.583. The summed E-state index contributed by atoms with van der Waals surface area (Å²) in [5.41, 5.74) is 1.55. The van der Waals surface area contributed by atoms with Crippen LogP contribution in [0, 0.1) is 0 Å². The summed E-state index contributed by atoms with van der Waals surface area (Å²) >= 11 is 0. The summed E-state index contributed by atoms with van der Waals surface area (Å²) in [4.78, 5) is 24.8. The van der Waals surface area contributed by atoms with Gasteiger partial charge in [-0.3, -0.25) is 14.5 Å². The van der Waals surface area contributed by atoms with E-state index in [1.54, 1.807) is 6.07 Å². The smallest absolute Gasteiger partial charge is 0.325 e. The Morgan fingerprint density at radius 2 is 2.33 bits per heavy atom. The number of carbonyl (C=O) groups is 1. The number of nitrogens with zero attached hydrogens (tertiary/aromatic N) is 3. The molecule has 96 valence electrons. The molecule has 18 heavy (non-hydrogen) atoms. The van der Waals surface area contributed by atoms with Gasteiger partial charge in [0.25, 0.3) is 5.56 Å². The average Bonchev–Trinajstić information content (AvgIpc) is 2.55. The van der Waals surface area contributed by atoms with Gasteiger partial charge in [-0.25, -0.2) is 4.68 Å². The van der Waals surface area contributed by atoms with E-state index >= 15 is 0 Å². The second-order valence-electron chi connectivity index (χ2n) is 5.05. The zero-order valence-electron chi connectivity index (χ0n) is 10.2. The van der Waals surface area contributed by atoms with Gasteiger partial charge in [0, 0.05) is 24.6 Å². The molecule has 1 aromatic rings. The number of fused-ring (bicyclic) bond motifs is 4. The summed E-state index contributed by atoms with van der Waals surface area (Å²) in [6.45, 7) is -0.364. The van der Waals surface area contributed by atoms with Crippen molar-refractivity contribution in [3.8, 4) is 0 Å². The Bertz CT molecular complexity index is 566. The van der Waals surface area contributed by atoms with Gasteiger partial charge in [0.1, 0.15) is 6.54 Å². The first kappa shape index (κ1) is 11.4. The largest absolute Gasteiger partial charge is 0.480 e. The van der Waals surface area contributed by atoms with Crippen molar-refractivity contribution >= 4 is 5.97 Å². The lowest BCUT2D eigenvalue weighted by atomic mass is 9.99. The molecule has 3 rings (SSSR count). The first-order valence-electron chi connectivity index (χ1n) is 6.11. The van der Waals surface area contributed by atoms with Crippen LogP contribution in [0.1, 0.15) is 30.1 Å². The molecule has 1 fully saturated rings. The van der Waals surface area contributed by atoms with Crippen molar-refractivity contribution in [2.45, 2.75) is 37.9 Å². The maximum Gasteiger partial charge on any atom is 0.325 e. The molecule has 6 heteroatoms. The van der Waals surface area contributed by atoms with Crippen molar-refractivity contribution in [1.82, 2.24) is 14.7 Å². The second kappa shape index (κ2) is 3.91. The third-order valence-electron chi connectivity index (χ3n) is 4.02. The van der Waals surface area contributed by atoms with Crippen LogP contribution in [-0.4, -0.2) is 38.8 Å². The number of hydrogen-bond donors (Lipinski definition) is 1. The SMILES string of the molecule is CN1C2CCC1c1cc(=O)n(CC(=O)O)nc1C2. The van der Waals surface area contributed by atoms with Gasteiger partial charge in [-0.15, -0.1) is 0 Å². The van der Waals surface area contributed by atoms with Crippen LogP contribution in [0.25, 0.3) is 0 Å². The minimum absolute atomic E-state index is 0.276. The van der Waals surface area contributed by atoms with Crippen LogP contribution < -0.4 is 5.56 Å². The maximum absolute atomic E-state index is 11.8. The van der Waals surface area contributed by atoms with Gasteiger partial charge in [0.05, 0.1) is 5.69 Å². The molecule has 0 saturated carbocycles. The molecule has 2 atom stereocenters. The van der Waals surface area contributed by atoms with E-state index in [9.17, 15) is 9.59 Å². The van der Waals surface area contributed by atoms with E-state index in [1.807, 2.05) is 0 Å². The van der Waals surface area contributed by atoms with Crippen molar-refractivity contribution < 1.29 is 9.90 Å². The first-order valence-corrected chi connectivity index (χ1v) is 6.11. The van der Waals surface area contributed by atoms with E-state index in [-0.39, 0.29) is 18.1 Å². The van der Waals surface area contributed by atoms with Crippen molar-refractivity contribution in [1.29, 1.82) is 0 Å². The van der Waals surface area contributed by atoms with Crippen LogP contribution in [-0.2, 0) is 17.8 Å². The van der Waals surface area contributed by atoms with E-state index in [0.29, 0.717) is 6.04 Å². The number of aliphatic carboxylic acids is 1. The van der Waals surface area contributed by atoms with Crippen molar-refractivity contribution in [2.75, 3.05) is 7.05 Å². The van der Waals surface area contributed by atoms with Gasteiger partial charge in [-0.05, 0) is 25.5 Å². The molecule has 0 aromatic carbocycles. The van der Waals surface area contributed by atoms with E-state index in [2.05, 4.69) is 17.0 Å². The van der Waals surface area contributed by atoms with Crippen molar-refractivity contribution in [3.05, 3.63) is 27.7 Å². The number of carboxylic acids is 1.